The van der Waals surface area contributed by atoms with Crippen LogP contribution in [0.2, 0.25) is 0 Å². The molecule has 1 atom stereocenters. The number of aryl methyl sites for hydroxylation is 1. The molecule has 1 rings (SSSR count). The smallest absolute Gasteiger partial charge is 0.104 e. The zero-order valence-corrected chi connectivity index (χ0v) is 10.2. The summed E-state index contributed by atoms with van der Waals surface area (Å²) in [6.45, 7) is 6.55. The molecule has 0 radical (unpaired) electrons. The Labute approximate surface area is 95.2 Å². The maximum Gasteiger partial charge on any atom is 0.104 e. The van der Waals surface area contributed by atoms with Gasteiger partial charge in [-0.05, 0) is 30.9 Å². The van der Waals surface area contributed by atoms with E-state index >= 15 is 0 Å². The highest BCUT2D eigenvalue weighted by molar-refractivity contribution is 7.10. The van der Waals surface area contributed by atoms with Crippen LogP contribution in [0, 0.1) is 6.92 Å². The summed E-state index contributed by atoms with van der Waals surface area (Å²) in [5.41, 5.74) is 6.94. The molecule has 4 heteroatoms. The number of thiophene rings is 1. The maximum atomic E-state index is 5.69. The summed E-state index contributed by atoms with van der Waals surface area (Å²) in [6, 6.07) is 2.09. The Morgan fingerprint density at radius 2 is 2.27 bits per heavy atom. The van der Waals surface area contributed by atoms with Crippen LogP contribution >= 0.6 is 11.3 Å². The van der Waals surface area contributed by atoms with E-state index in [0.717, 1.165) is 6.61 Å². The third-order valence-electron chi connectivity index (χ3n) is 2.16. The highest BCUT2D eigenvalue weighted by Gasteiger charge is 2.13. The molecule has 2 N–H and O–H groups in total. The number of nitrogens with two attached hydrogens (primary N) is 1. The van der Waals surface area contributed by atoms with Gasteiger partial charge in [0, 0.05) is 18.0 Å². The number of ether oxygens (including phenoxy) is 2. The lowest BCUT2D eigenvalue weighted by Gasteiger charge is -2.15. The van der Waals surface area contributed by atoms with E-state index in [2.05, 4.69) is 18.4 Å². The third-order valence-corrected chi connectivity index (χ3v) is 3.27. The van der Waals surface area contributed by atoms with Crippen molar-refractivity contribution in [3.05, 3.63) is 21.9 Å². The molecule has 0 spiro atoms. The van der Waals surface area contributed by atoms with Crippen molar-refractivity contribution < 1.29 is 9.47 Å². The summed E-state index contributed by atoms with van der Waals surface area (Å²) in [7, 11) is 0. The largest absolute Gasteiger partial charge is 0.379 e. The molecule has 15 heavy (non-hydrogen) atoms. The van der Waals surface area contributed by atoms with E-state index in [1.54, 1.807) is 11.3 Å². The van der Waals surface area contributed by atoms with Crippen molar-refractivity contribution in [1.82, 2.24) is 0 Å². The molecule has 86 valence electrons. The van der Waals surface area contributed by atoms with Crippen LogP contribution in [-0.4, -0.2) is 26.4 Å². The average molecular weight is 229 g/mol. The number of hydrogen-bond acceptors (Lipinski definition) is 4. The van der Waals surface area contributed by atoms with E-state index in [0.29, 0.717) is 19.8 Å². The molecule has 0 aliphatic carbocycles. The van der Waals surface area contributed by atoms with Crippen LogP contribution in [-0.2, 0) is 9.47 Å². The number of rotatable bonds is 7. The van der Waals surface area contributed by atoms with E-state index in [1.807, 2.05) is 6.92 Å². The fraction of sp³-hybridized carbons (Fsp3) is 0.636. The van der Waals surface area contributed by atoms with Crippen molar-refractivity contribution in [3.63, 3.8) is 0 Å². The first-order chi connectivity index (χ1) is 7.29. The average Bonchev–Trinajstić information content (AvgIpc) is 2.65. The second-order valence-electron chi connectivity index (χ2n) is 3.26. The van der Waals surface area contributed by atoms with Crippen LogP contribution in [0.5, 0.6) is 0 Å². The molecular weight excluding hydrogens is 210 g/mol. The quantitative estimate of drug-likeness (QED) is 0.728. The van der Waals surface area contributed by atoms with Crippen molar-refractivity contribution in [2.24, 2.45) is 5.73 Å². The van der Waals surface area contributed by atoms with Gasteiger partial charge in [-0.25, -0.2) is 0 Å². The van der Waals surface area contributed by atoms with E-state index < -0.39 is 0 Å². The Morgan fingerprint density at radius 3 is 2.80 bits per heavy atom. The molecule has 0 bridgehead atoms. The summed E-state index contributed by atoms with van der Waals surface area (Å²) in [5, 5.41) is 2.07. The zero-order valence-electron chi connectivity index (χ0n) is 9.36. The summed E-state index contributed by atoms with van der Waals surface area (Å²) < 4.78 is 10.9. The predicted molar refractivity (Wildman–Crippen MR) is 63.3 cm³/mol. The minimum Gasteiger partial charge on any atom is -0.379 e. The Hall–Kier alpha value is -0.420. The first-order valence-electron chi connectivity index (χ1n) is 5.23. The Kier molecular flexibility index (Phi) is 5.86. The van der Waals surface area contributed by atoms with Gasteiger partial charge in [-0.2, -0.15) is 0 Å². The highest BCUT2D eigenvalue weighted by Crippen LogP contribution is 2.25. The fourth-order valence-electron chi connectivity index (χ4n) is 1.36. The Morgan fingerprint density at radius 1 is 1.47 bits per heavy atom. The minimum atomic E-state index is 0.0189. The van der Waals surface area contributed by atoms with Gasteiger partial charge in [0.2, 0.25) is 0 Å². The molecule has 1 heterocycles. The van der Waals surface area contributed by atoms with Crippen molar-refractivity contribution in [2.75, 3.05) is 26.4 Å². The normalized spacial score (nSPS) is 13.0. The Balaban J connectivity index is 2.39. The molecule has 1 aromatic heterocycles. The second kappa shape index (κ2) is 6.95. The topological polar surface area (TPSA) is 44.5 Å². The highest BCUT2D eigenvalue weighted by atomic mass is 32.1. The third kappa shape index (κ3) is 3.91. The molecule has 0 saturated carbocycles. The lowest BCUT2D eigenvalue weighted by molar-refractivity contribution is 0.0117. The van der Waals surface area contributed by atoms with Gasteiger partial charge in [0.1, 0.15) is 6.10 Å². The van der Waals surface area contributed by atoms with E-state index in [9.17, 15) is 0 Å². The van der Waals surface area contributed by atoms with Crippen molar-refractivity contribution in [1.29, 1.82) is 0 Å². The maximum absolute atomic E-state index is 5.69. The Bertz CT molecular complexity index is 275. The summed E-state index contributed by atoms with van der Waals surface area (Å²) in [4.78, 5) is 1.23. The van der Waals surface area contributed by atoms with Gasteiger partial charge >= 0.3 is 0 Å². The molecule has 0 amide bonds. The van der Waals surface area contributed by atoms with Crippen molar-refractivity contribution >= 4 is 11.3 Å². The van der Waals surface area contributed by atoms with Gasteiger partial charge in [-0.1, -0.05) is 0 Å². The molecule has 0 fully saturated rings. The van der Waals surface area contributed by atoms with Crippen LogP contribution in [0.25, 0.3) is 0 Å². The molecule has 0 aliphatic heterocycles. The molecule has 3 nitrogen and oxygen atoms in total. The predicted octanol–water partition coefficient (Wildman–Crippen LogP) is 2.11. The minimum absolute atomic E-state index is 0.0189. The summed E-state index contributed by atoms with van der Waals surface area (Å²) >= 11 is 1.70. The van der Waals surface area contributed by atoms with E-state index in [4.69, 9.17) is 15.2 Å². The van der Waals surface area contributed by atoms with Gasteiger partial charge in [-0.15, -0.1) is 11.3 Å². The van der Waals surface area contributed by atoms with E-state index in [-0.39, 0.29) is 6.10 Å². The SMILES string of the molecule is CCOCCOC(CN)c1sccc1C. The monoisotopic (exact) mass is 229 g/mol. The van der Waals surface area contributed by atoms with Crippen molar-refractivity contribution in [3.8, 4) is 0 Å². The first kappa shape index (κ1) is 12.6. The summed E-state index contributed by atoms with van der Waals surface area (Å²) in [5.74, 6) is 0. The van der Waals surface area contributed by atoms with Crippen molar-refractivity contribution in [2.45, 2.75) is 20.0 Å². The second-order valence-corrected chi connectivity index (χ2v) is 4.21. The number of hydrogen-bond donors (Lipinski definition) is 1. The molecule has 0 aliphatic rings. The van der Waals surface area contributed by atoms with E-state index in [1.165, 1.54) is 10.4 Å². The molecule has 1 unspecified atom stereocenters. The van der Waals surface area contributed by atoms with Gasteiger partial charge in [-0.3, -0.25) is 0 Å². The van der Waals surface area contributed by atoms with Gasteiger partial charge < -0.3 is 15.2 Å². The zero-order chi connectivity index (χ0) is 11.1. The fourth-order valence-corrected chi connectivity index (χ4v) is 2.35. The lowest BCUT2D eigenvalue weighted by Crippen LogP contribution is -2.18. The summed E-state index contributed by atoms with van der Waals surface area (Å²) in [6.07, 6.45) is 0.0189. The van der Waals surface area contributed by atoms with Crippen LogP contribution in [0.15, 0.2) is 11.4 Å². The van der Waals surface area contributed by atoms with Crippen LogP contribution in [0.3, 0.4) is 0 Å². The molecular formula is C11H19NO2S. The van der Waals surface area contributed by atoms with Gasteiger partial charge in [0.25, 0.3) is 0 Å². The van der Waals surface area contributed by atoms with Crippen LogP contribution in [0.1, 0.15) is 23.5 Å². The van der Waals surface area contributed by atoms with Crippen LogP contribution in [0.4, 0.5) is 0 Å². The lowest BCUT2D eigenvalue weighted by atomic mass is 10.2. The standard InChI is InChI=1S/C11H19NO2S/c1-3-13-5-6-14-10(8-12)11-9(2)4-7-15-11/h4,7,10H,3,5-6,8,12H2,1-2H3. The van der Waals surface area contributed by atoms with Crippen LogP contribution < -0.4 is 5.73 Å². The first-order valence-corrected chi connectivity index (χ1v) is 6.11. The molecule has 0 aromatic carbocycles. The van der Waals surface area contributed by atoms with Gasteiger partial charge in [0.15, 0.2) is 0 Å². The van der Waals surface area contributed by atoms with Gasteiger partial charge in [0.05, 0.1) is 13.2 Å². The molecule has 0 saturated heterocycles. The molecule has 1 aromatic rings.